The molecule has 0 aromatic carbocycles. The lowest BCUT2D eigenvalue weighted by atomic mass is 9.98. The van der Waals surface area contributed by atoms with Crippen LogP contribution in [0.15, 0.2) is 30.5 Å². The number of ketones is 1. The minimum Gasteiger partial charge on any atom is -0.356 e. The van der Waals surface area contributed by atoms with E-state index in [4.69, 9.17) is 4.98 Å². The number of rotatable bonds is 7. The maximum absolute atomic E-state index is 12.6. The lowest BCUT2D eigenvalue weighted by molar-refractivity contribution is -0.118. The van der Waals surface area contributed by atoms with Gasteiger partial charge >= 0.3 is 0 Å². The predicted octanol–water partition coefficient (Wildman–Crippen LogP) is 3.98. The van der Waals surface area contributed by atoms with E-state index in [2.05, 4.69) is 33.8 Å². The highest BCUT2D eigenvalue weighted by atomic mass is 16.1. The smallest absolute Gasteiger partial charge is 0.137 e. The van der Waals surface area contributed by atoms with Crippen LogP contribution in [0.4, 0.5) is 11.6 Å². The van der Waals surface area contributed by atoms with Crippen molar-refractivity contribution < 1.29 is 4.79 Å². The number of Topliss-reactive ketones (excluding diaryl/α,β-unsaturated/α-hetero) is 1. The molecule has 0 spiro atoms. The number of hydrogen-bond acceptors (Lipinski definition) is 5. The number of piperidine rings is 1. The molecule has 2 aromatic rings. The van der Waals surface area contributed by atoms with E-state index < -0.39 is 0 Å². The van der Waals surface area contributed by atoms with Gasteiger partial charge in [0.15, 0.2) is 0 Å². The molecule has 2 saturated heterocycles. The van der Waals surface area contributed by atoms with Gasteiger partial charge in [-0.3, -0.25) is 4.79 Å². The van der Waals surface area contributed by atoms with Gasteiger partial charge in [0.2, 0.25) is 0 Å². The fourth-order valence-corrected chi connectivity index (χ4v) is 4.10. The van der Waals surface area contributed by atoms with Crippen LogP contribution in [0, 0.1) is 12.8 Å². The minimum absolute atomic E-state index is 0.266. The van der Waals surface area contributed by atoms with Gasteiger partial charge in [0, 0.05) is 50.9 Å². The van der Waals surface area contributed by atoms with Gasteiger partial charge in [0.1, 0.15) is 17.4 Å². The summed E-state index contributed by atoms with van der Waals surface area (Å²) in [5, 5.41) is 0. The fraction of sp³-hybridized carbons (Fsp3) is 0.542. The maximum atomic E-state index is 12.6. The molecule has 0 bridgehead atoms. The standard InChI is InChI=1S/C24H32N4O/c1-18-10-14-28(15-11-18)24-21(6-4-19(2)26-24)7-8-22(29)16-20-5-9-23(25-17-20)27-12-3-13-27/h4-6,9,17-18H,3,7-8,10-16H2,1-2H3. The van der Waals surface area contributed by atoms with Crippen LogP contribution in [0.2, 0.25) is 0 Å². The molecule has 0 unspecified atom stereocenters. The van der Waals surface area contributed by atoms with Crippen LogP contribution in [0.5, 0.6) is 0 Å². The summed E-state index contributed by atoms with van der Waals surface area (Å²) in [5.74, 6) is 3.17. The van der Waals surface area contributed by atoms with Crippen LogP contribution >= 0.6 is 0 Å². The van der Waals surface area contributed by atoms with Gasteiger partial charge in [0.25, 0.3) is 0 Å². The second kappa shape index (κ2) is 8.93. The summed E-state index contributed by atoms with van der Waals surface area (Å²) in [5.41, 5.74) is 3.25. The van der Waals surface area contributed by atoms with Crippen molar-refractivity contribution in [2.75, 3.05) is 36.0 Å². The van der Waals surface area contributed by atoms with Crippen LogP contribution in [-0.4, -0.2) is 41.9 Å². The van der Waals surface area contributed by atoms with E-state index in [-0.39, 0.29) is 5.78 Å². The number of carbonyl (C=O) groups excluding carboxylic acids is 1. The topological polar surface area (TPSA) is 49.3 Å². The zero-order chi connectivity index (χ0) is 20.2. The summed E-state index contributed by atoms with van der Waals surface area (Å²) >= 11 is 0. The second-order valence-electron chi connectivity index (χ2n) is 8.69. The predicted molar refractivity (Wildman–Crippen MR) is 118 cm³/mol. The van der Waals surface area contributed by atoms with E-state index in [1.54, 1.807) is 0 Å². The lowest BCUT2D eigenvalue weighted by Gasteiger charge is -2.32. The highest BCUT2D eigenvalue weighted by Crippen LogP contribution is 2.26. The first-order chi connectivity index (χ1) is 14.1. The van der Waals surface area contributed by atoms with Gasteiger partial charge in [-0.1, -0.05) is 19.1 Å². The highest BCUT2D eigenvalue weighted by Gasteiger charge is 2.20. The van der Waals surface area contributed by atoms with Crippen molar-refractivity contribution in [3.05, 3.63) is 47.3 Å². The lowest BCUT2D eigenvalue weighted by Crippen LogP contribution is -2.37. The van der Waals surface area contributed by atoms with Crippen molar-refractivity contribution in [2.24, 2.45) is 5.92 Å². The Kier molecular flexibility index (Phi) is 6.12. The number of carbonyl (C=O) groups is 1. The number of hydrogen-bond donors (Lipinski definition) is 0. The number of pyridine rings is 2. The Morgan fingerprint density at radius 1 is 1.07 bits per heavy atom. The van der Waals surface area contributed by atoms with E-state index in [0.29, 0.717) is 12.8 Å². The molecule has 0 atom stereocenters. The van der Waals surface area contributed by atoms with Crippen molar-refractivity contribution in [1.29, 1.82) is 0 Å². The molecule has 4 rings (SSSR count). The fourth-order valence-electron chi connectivity index (χ4n) is 4.10. The Morgan fingerprint density at radius 3 is 2.52 bits per heavy atom. The molecule has 2 aliphatic rings. The van der Waals surface area contributed by atoms with Crippen molar-refractivity contribution in [3.8, 4) is 0 Å². The number of anilines is 2. The molecule has 29 heavy (non-hydrogen) atoms. The maximum Gasteiger partial charge on any atom is 0.137 e. The van der Waals surface area contributed by atoms with Gasteiger partial charge in [-0.15, -0.1) is 0 Å². The zero-order valence-electron chi connectivity index (χ0n) is 17.7. The largest absolute Gasteiger partial charge is 0.356 e. The molecule has 5 heteroatoms. The molecule has 5 nitrogen and oxygen atoms in total. The quantitative estimate of drug-likeness (QED) is 0.713. The van der Waals surface area contributed by atoms with Crippen LogP contribution in [0.25, 0.3) is 0 Å². The van der Waals surface area contributed by atoms with Crippen LogP contribution in [0.3, 0.4) is 0 Å². The van der Waals surface area contributed by atoms with Gasteiger partial charge in [-0.05, 0) is 61.8 Å². The monoisotopic (exact) mass is 392 g/mol. The van der Waals surface area contributed by atoms with Crippen LogP contribution in [0.1, 0.15) is 49.4 Å². The molecule has 2 aromatic heterocycles. The summed E-state index contributed by atoms with van der Waals surface area (Å²) in [4.78, 5) is 26.6. The molecule has 0 saturated carbocycles. The third-order valence-electron chi connectivity index (χ3n) is 6.24. The van der Waals surface area contributed by atoms with Crippen molar-refractivity contribution >= 4 is 17.4 Å². The Hall–Kier alpha value is -2.43. The van der Waals surface area contributed by atoms with Gasteiger partial charge in [-0.2, -0.15) is 0 Å². The number of aryl methyl sites for hydroxylation is 2. The summed E-state index contributed by atoms with van der Waals surface area (Å²) < 4.78 is 0. The van der Waals surface area contributed by atoms with Crippen molar-refractivity contribution in [2.45, 2.75) is 52.4 Å². The van der Waals surface area contributed by atoms with Crippen LogP contribution in [-0.2, 0) is 17.6 Å². The van der Waals surface area contributed by atoms with E-state index in [9.17, 15) is 4.79 Å². The van der Waals surface area contributed by atoms with Crippen molar-refractivity contribution in [3.63, 3.8) is 0 Å². The van der Waals surface area contributed by atoms with Gasteiger partial charge in [-0.25, -0.2) is 9.97 Å². The number of aromatic nitrogens is 2. The minimum atomic E-state index is 0.266. The molecule has 4 heterocycles. The van der Waals surface area contributed by atoms with E-state index in [1.807, 2.05) is 25.3 Å². The second-order valence-corrected chi connectivity index (χ2v) is 8.69. The summed E-state index contributed by atoms with van der Waals surface area (Å²) in [6, 6.07) is 8.31. The highest BCUT2D eigenvalue weighted by molar-refractivity contribution is 5.81. The van der Waals surface area contributed by atoms with Crippen LogP contribution < -0.4 is 9.80 Å². The van der Waals surface area contributed by atoms with Crippen molar-refractivity contribution in [1.82, 2.24) is 9.97 Å². The van der Waals surface area contributed by atoms with Gasteiger partial charge in [0.05, 0.1) is 0 Å². The SMILES string of the molecule is Cc1ccc(CCC(=O)Cc2ccc(N3CCC3)nc2)c(N2CCC(C)CC2)n1. The summed E-state index contributed by atoms with van der Waals surface area (Å²) in [6.45, 7) is 8.68. The van der Waals surface area contributed by atoms with E-state index >= 15 is 0 Å². The average molecular weight is 393 g/mol. The summed E-state index contributed by atoms with van der Waals surface area (Å²) in [7, 11) is 0. The Labute approximate surface area is 174 Å². The first-order valence-electron chi connectivity index (χ1n) is 11.0. The number of nitrogens with zero attached hydrogens (tertiary/aromatic N) is 4. The normalized spacial score (nSPS) is 17.3. The molecular weight excluding hydrogens is 360 g/mol. The molecule has 2 aliphatic heterocycles. The Morgan fingerprint density at radius 2 is 1.86 bits per heavy atom. The molecular formula is C24H32N4O. The first-order valence-corrected chi connectivity index (χ1v) is 11.0. The third-order valence-corrected chi connectivity index (χ3v) is 6.24. The molecule has 0 radical (unpaired) electrons. The molecule has 2 fully saturated rings. The van der Waals surface area contributed by atoms with E-state index in [1.165, 1.54) is 24.8 Å². The molecule has 0 amide bonds. The summed E-state index contributed by atoms with van der Waals surface area (Å²) in [6.07, 6.45) is 7.31. The first kappa shape index (κ1) is 19.9. The molecule has 154 valence electrons. The Balaban J connectivity index is 1.35. The molecule has 0 N–H and O–H groups in total. The Bertz CT molecular complexity index is 836. The van der Waals surface area contributed by atoms with E-state index in [0.717, 1.165) is 61.4 Å². The third kappa shape index (κ3) is 4.95. The van der Waals surface area contributed by atoms with Gasteiger partial charge < -0.3 is 9.80 Å². The zero-order valence-corrected chi connectivity index (χ0v) is 17.7. The molecule has 0 aliphatic carbocycles. The average Bonchev–Trinajstić information content (AvgIpc) is 2.68.